The van der Waals surface area contributed by atoms with Crippen molar-refractivity contribution in [1.82, 2.24) is 0 Å². The molecule has 170 valence electrons. The summed E-state index contributed by atoms with van der Waals surface area (Å²) in [7, 11) is 0. The minimum atomic E-state index is -0.750. The zero-order valence-corrected chi connectivity index (χ0v) is 18.5. The van der Waals surface area contributed by atoms with Crippen LogP contribution in [0, 0.1) is 0 Å². The lowest BCUT2D eigenvalue weighted by atomic mass is 9.83. The first-order valence-electron chi connectivity index (χ1n) is 10.0. The lowest BCUT2D eigenvalue weighted by Gasteiger charge is -2.26. The zero-order chi connectivity index (χ0) is 23.4. The van der Waals surface area contributed by atoms with Gasteiger partial charge in [0, 0.05) is 11.9 Å². The topological polar surface area (TPSA) is 118 Å². The molecule has 0 aliphatic carbocycles. The number of carbonyl (C=O) groups excluding carboxylic acids is 1. The Bertz CT molecular complexity index is 1220. The van der Waals surface area contributed by atoms with Crippen LogP contribution in [0.4, 0.5) is 0 Å². The molecular weight excluding hydrogens is 446 g/mol. The van der Waals surface area contributed by atoms with Crippen molar-refractivity contribution in [3.05, 3.63) is 82.9 Å². The van der Waals surface area contributed by atoms with E-state index in [-0.39, 0.29) is 12.8 Å². The van der Waals surface area contributed by atoms with Crippen LogP contribution in [0.2, 0.25) is 5.02 Å². The molecule has 0 saturated heterocycles. The van der Waals surface area contributed by atoms with Crippen LogP contribution in [0.25, 0.3) is 11.1 Å². The summed E-state index contributed by atoms with van der Waals surface area (Å²) in [4.78, 5) is 17.8. The molecule has 3 aromatic carbocycles. The summed E-state index contributed by atoms with van der Waals surface area (Å²) in [5, 5.41) is 0.694. The minimum Gasteiger partial charge on any atom is -0.462 e. The molecule has 2 heterocycles. The van der Waals surface area contributed by atoms with Crippen molar-refractivity contribution in [3.63, 3.8) is 0 Å². The monoisotopic (exact) mass is 467 g/mol. The van der Waals surface area contributed by atoms with E-state index in [1.165, 1.54) is 6.92 Å². The van der Waals surface area contributed by atoms with Crippen LogP contribution >= 0.6 is 11.6 Å². The van der Waals surface area contributed by atoms with Crippen LogP contribution in [-0.4, -0.2) is 25.4 Å². The van der Waals surface area contributed by atoms with Gasteiger partial charge in [-0.15, -0.1) is 0 Å². The van der Waals surface area contributed by atoms with E-state index in [0.717, 1.165) is 28.0 Å². The van der Waals surface area contributed by atoms with Gasteiger partial charge >= 0.3 is 5.97 Å². The lowest BCUT2D eigenvalue weighted by molar-refractivity contribution is -0.141. The van der Waals surface area contributed by atoms with E-state index in [1.54, 1.807) is 0 Å². The number of hydrogen-bond donors (Lipinski definition) is 2. The second-order valence-corrected chi connectivity index (χ2v) is 7.80. The number of nitrogens with zero attached hydrogens (tertiary/aromatic N) is 1. The van der Waals surface area contributed by atoms with Crippen molar-refractivity contribution < 1.29 is 23.8 Å². The summed E-state index contributed by atoms with van der Waals surface area (Å²) in [5.41, 5.74) is 9.15. The van der Waals surface area contributed by atoms with Gasteiger partial charge in [-0.2, -0.15) is 5.90 Å². The Morgan fingerprint density at radius 3 is 2.30 bits per heavy atom. The number of amidine groups is 1. The first-order valence-corrected chi connectivity index (χ1v) is 10.4. The van der Waals surface area contributed by atoms with Gasteiger partial charge in [-0.25, -0.2) is 4.99 Å². The maximum absolute atomic E-state index is 9.47. The number of halogens is 1. The molecule has 1 unspecified atom stereocenters. The Kier molecular flexibility index (Phi) is 6.39. The fourth-order valence-corrected chi connectivity index (χ4v) is 3.86. The van der Waals surface area contributed by atoms with E-state index in [1.807, 2.05) is 60.7 Å². The average Bonchev–Trinajstić information content (AvgIpc) is 3.46. The van der Waals surface area contributed by atoms with Crippen LogP contribution in [-0.2, 0) is 19.9 Å². The molecule has 1 atom stereocenters. The number of hydrogen-bond acceptors (Lipinski definition) is 8. The van der Waals surface area contributed by atoms with Crippen LogP contribution < -0.4 is 21.1 Å². The van der Waals surface area contributed by atoms with Gasteiger partial charge < -0.3 is 24.8 Å². The second kappa shape index (κ2) is 9.40. The first-order chi connectivity index (χ1) is 15.9. The van der Waals surface area contributed by atoms with Crippen LogP contribution in [0.15, 0.2) is 71.7 Å². The second-order valence-electron chi connectivity index (χ2n) is 7.37. The summed E-state index contributed by atoms with van der Waals surface area (Å²) in [6, 6.07) is 21.9. The highest BCUT2D eigenvalue weighted by molar-refractivity contribution is 6.30. The van der Waals surface area contributed by atoms with E-state index in [0.29, 0.717) is 17.4 Å². The van der Waals surface area contributed by atoms with Crippen LogP contribution in [0.3, 0.4) is 0 Å². The van der Waals surface area contributed by atoms with Gasteiger partial charge in [-0.05, 0) is 52.6 Å². The predicted molar refractivity (Wildman–Crippen MR) is 124 cm³/mol. The minimum absolute atomic E-state index is 0.172. The number of rotatable bonds is 3. The Morgan fingerprint density at radius 2 is 1.64 bits per heavy atom. The Morgan fingerprint density at radius 1 is 0.970 bits per heavy atom. The van der Waals surface area contributed by atoms with Crippen LogP contribution in [0.1, 0.15) is 18.1 Å². The Hall–Kier alpha value is -3.75. The van der Waals surface area contributed by atoms with Crippen molar-refractivity contribution in [2.45, 2.75) is 12.5 Å². The molecule has 2 aliphatic rings. The van der Waals surface area contributed by atoms with E-state index in [4.69, 9.17) is 31.5 Å². The van der Waals surface area contributed by atoms with Crippen molar-refractivity contribution in [3.8, 4) is 22.6 Å². The fraction of sp³-hybridized carbons (Fsp3) is 0.167. The molecule has 0 radical (unpaired) electrons. The SMILES string of the molecule is CC(=O)ON.NC1=NC(c2cccc(-c3cccc(Cl)c3)c2)(c2ccc3c(c2)OCO3)CO1. The van der Waals surface area contributed by atoms with Gasteiger partial charge in [-0.1, -0.05) is 48.0 Å². The van der Waals surface area contributed by atoms with Crippen molar-refractivity contribution >= 4 is 23.6 Å². The number of fused-ring (bicyclic) bond motifs is 1. The fourth-order valence-electron chi connectivity index (χ4n) is 3.67. The summed E-state index contributed by atoms with van der Waals surface area (Å²) in [6.45, 7) is 1.77. The lowest BCUT2D eigenvalue weighted by Crippen LogP contribution is -2.27. The smallest absolute Gasteiger partial charge is 0.321 e. The summed E-state index contributed by atoms with van der Waals surface area (Å²) < 4.78 is 16.6. The molecule has 5 rings (SSSR count). The van der Waals surface area contributed by atoms with Gasteiger partial charge in [0.25, 0.3) is 6.02 Å². The quantitative estimate of drug-likeness (QED) is 0.563. The van der Waals surface area contributed by atoms with Crippen LogP contribution in [0.5, 0.6) is 11.5 Å². The predicted octanol–water partition coefficient (Wildman–Crippen LogP) is 3.75. The van der Waals surface area contributed by atoms with E-state index in [9.17, 15) is 4.79 Å². The molecule has 0 bridgehead atoms. The molecule has 0 amide bonds. The molecule has 0 spiro atoms. The maximum atomic E-state index is 9.47. The third-order valence-corrected chi connectivity index (χ3v) is 5.48. The number of ether oxygens (including phenoxy) is 3. The third kappa shape index (κ3) is 4.72. The summed E-state index contributed by atoms with van der Waals surface area (Å²) in [6.07, 6.45) is 0. The Labute approximate surface area is 195 Å². The summed E-state index contributed by atoms with van der Waals surface area (Å²) >= 11 is 6.17. The normalized spacial score (nSPS) is 18.0. The van der Waals surface area contributed by atoms with Gasteiger partial charge in [0.05, 0.1) is 0 Å². The molecule has 0 aromatic heterocycles. The van der Waals surface area contributed by atoms with Gasteiger partial charge in [0.15, 0.2) is 17.0 Å². The highest BCUT2D eigenvalue weighted by atomic mass is 35.5. The largest absolute Gasteiger partial charge is 0.462 e. The molecule has 8 nitrogen and oxygen atoms in total. The van der Waals surface area contributed by atoms with Crippen molar-refractivity contribution in [2.24, 2.45) is 16.6 Å². The molecule has 0 saturated carbocycles. The molecular formula is C24H22ClN3O5. The molecule has 2 aliphatic heterocycles. The third-order valence-electron chi connectivity index (χ3n) is 5.24. The van der Waals surface area contributed by atoms with Gasteiger partial charge in [-0.3, -0.25) is 4.79 Å². The van der Waals surface area contributed by atoms with Crippen molar-refractivity contribution in [1.29, 1.82) is 0 Å². The van der Waals surface area contributed by atoms with Gasteiger partial charge in [0.1, 0.15) is 6.61 Å². The van der Waals surface area contributed by atoms with E-state index >= 15 is 0 Å². The number of nitrogens with two attached hydrogens (primary N) is 2. The highest BCUT2D eigenvalue weighted by Crippen LogP contribution is 2.43. The van der Waals surface area contributed by atoms with Crippen molar-refractivity contribution in [2.75, 3.05) is 13.4 Å². The average molecular weight is 468 g/mol. The number of carbonyl (C=O) groups is 1. The number of benzene rings is 3. The van der Waals surface area contributed by atoms with Gasteiger partial charge in [0.2, 0.25) is 6.79 Å². The van der Waals surface area contributed by atoms with E-state index in [2.05, 4.69) is 21.8 Å². The molecule has 4 N–H and O–H groups in total. The molecule has 3 aromatic rings. The zero-order valence-electron chi connectivity index (χ0n) is 17.8. The molecule has 0 fully saturated rings. The number of aliphatic imine (C=N–C) groups is 1. The molecule has 33 heavy (non-hydrogen) atoms. The summed E-state index contributed by atoms with van der Waals surface area (Å²) in [5.74, 6) is 5.28. The maximum Gasteiger partial charge on any atom is 0.321 e. The Balaban J connectivity index is 0.000000471. The first kappa shape index (κ1) is 22.4. The standard InChI is InChI=1S/C22H17ClN2O3.C2H5NO2/c23-18-6-2-4-15(10-18)14-3-1-5-16(9-14)22(12-26-21(24)25-22)17-7-8-19-20(11-17)28-13-27-19;1-2(4)5-3/h1-11H,12-13H2,(H2,24,25);3H2,1H3. The molecule has 9 heteroatoms. The van der Waals surface area contributed by atoms with E-state index < -0.39 is 11.5 Å². The highest BCUT2D eigenvalue weighted by Gasteiger charge is 2.41.